The number of carbonyl (C=O) groups is 4. The Bertz CT molecular complexity index is 1270. The molecule has 11 nitrogen and oxygen atoms in total. The zero-order valence-electron chi connectivity index (χ0n) is 24.5. The van der Waals surface area contributed by atoms with Gasteiger partial charge >= 0.3 is 0 Å². The van der Waals surface area contributed by atoms with Crippen molar-refractivity contribution in [3.05, 3.63) is 52.8 Å². The van der Waals surface area contributed by atoms with E-state index in [1.807, 2.05) is 37.4 Å². The quantitative estimate of drug-likeness (QED) is 0.563. The van der Waals surface area contributed by atoms with Crippen LogP contribution in [0.3, 0.4) is 0 Å². The summed E-state index contributed by atoms with van der Waals surface area (Å²) in [6.07, 6.45) is 4.63. The molecule has 1 atom stereocenters. The van der Waals surface area contributed by atoms with Gasteiger partial charge < -0.3 is 25.2 Å². The molecule has 0 saturated carbocycles. The zero-order valence-corrected chi connectivity index (χ0v) is 24.5. The Kier molecular flexibility index (Phi) is 9.89. The van der Waals surface area contributed by atoms with E-state index in [2.05, 4.69) is 15.7 Å². The van der Waals surface area contributed by atoms with E-state index in [1.54, 1.807) is 14.5 Å². The van der Waals surface area contributed by atoms with Gasteiger partial charge in [-0.3, -0.25) is 23.9 Å². The molecule has 226 valence electrons. The van der Waals surface area contributed by atoms with Crippen molar-refractivity contribution in [2.24, 2.45) is 13.0 Å². The molecule has 4 amide bonds. The molecule has 1 unspecified atom stereocenters. The van der Waals surface area contributed by atoms with Gasteiger partial charge in [0, 0.05) is 76.1 Å². The fourth-order valence-corrected chi connectivity index (χ4v) is 6.24. The van der Waals surface area contributed by atoms with Crippen molar-refractivity contribution < 1.29 is 23.9 Å². The van der Waals surface area contributed by atoms with E-state index in [1.165, 1.54) is 0 Å². The fraction of sp³-hybridized carbons (Fsp3) is 0.581. The third-order valence-electron chi connectivity index (χ3n) is 8.60. The summed E-state index contributed by atoms with van der Waals surface area (Å²) in [5.74, 6) is -0.664. The number of fused-ring (bicyclic) bond motifs is 1. The van der Waals surface area contributed by atoms with Crippen molar-refractivity contribution >= 4 is 23.6 Å². The molecule has 1 aromatic heterocycles. The maximum Gasteiger partial charge on any atom is 0.272 e. The minimum absolute atomic E-state index is 0.0277. The Morgan fingerprint density at radius 2 is 1.83 bits per heavy atom. The van der Waals surface area contributed by atoms with Gasteiger partial charge in [-0.05, 0) is 50.5 Å². The molecule has 3 heterocycles. The van der Waals surface area contributed by atoms with Gasteiger partial charge in [0.2, 0.25) is 17.7 Å². The molecule has 1 aromatic carbocycles. The van der Waals surface area contributed by atoms with Crippen LogP contribution in [-0.2, 0) is 45.4 Å². The van der Waals surface area contributed by atoms with Gasteiger partial charge in [-0.15, -0.1) is 0 Å². The van der Waals surface area contributed by atoms with Crippen LogP contribution in [0.2, 0.25) is 0 Å². The van der Waals surface area contributed by atoms with Crippen LogP contribution in [0.1, 0.15) is 59.4 Å². The van der Waals surface area contributed by atoms with Gasteiger partial charge in [-0.2, -0.15) is 5.10 Å². The number of amides is 4. The van der Waals surface area contributed by atoms with Crippen molar-refractivity contribution in [3.8, 4) is 0 Å². The number of carbonyl (C=O) groups excluding carboxylic acids is 4. The summed E-state index contributed by atoms with van der Waals surface area (Å²) >= 11 is 0. The van der Waals surface area contributed by atoms with Crippen LogP contribution in [0.15, 0.2) is 30.3 Å². The standard InChI is InChI=1S/C31H42N6O5/c1-35-26-10-9-24-20-25(26)29(34-35)30(40)32-14-17-36(31(41)23-12-18-42-19-13-23)15-5-8-28(39)37(21-27(38)33-24)16-11-22-6-3-2-4-7-22/h2-4,6-7,23-24H,5,8-21H2,1H3,(H,32,40)(H,33,38). The molecule has 11 heteroatoms. The van der Waals surface area contributed by atoms with Gasteiger partial charge in [0.1, 0.15) is 0 Å². The molecular formula is C31H42N6O5. The summed E-state index contributed by atoms with van der Waals surface area (Å²) in [5, 5.41) is 10.6. The maximum atomic E-state index is 13.5. The molecule has 2 aliphatic heterocycles. The first-order valence-electron chi connectivity index (χ1n) is 15.2. The molecule has 2 bridgehead atoms. The molecule has 42 heavy (non-hydrogen) atoms. The zero-order chi connectivity index (χ0) is 29.5. The van der Waals surface area contributed by atoms with Gasteiger partial charge in [-0.25, -0.2) is 0 Å². The Morgan fingerprint density at radius 1 is 1.05 bits per heavy atom. The highest BCUT2D eigenvalue weighted by Crippen LogP contribution is 2.25. The average Bonchev–Trinajstić information content (AvgIpc) is 3.34. The normalized spacial score (nSPS) is 21.5. The van der Waals surface area contributed by atoms with Crippen LogP contribution < -0.4 is 10.6 Å². The van der Waals surface area contributed by atoms with E-state index in [0.29, 0.717) is 77.1 Å². The topological polar surface area (TPSA) is 126 Å². The first kappa shape index (κ1) is 29.8. The molecule has 2 N–H and O–H groups in total. The van der Waals surface area contributed by atoms with E-state index in [9.17, 15) is 19.2 Å². The number of hydrogen-bond acceptors (Lipinski definition) is 6. The summed E-state index contributed by atoms with van der Waals surface area (Å²) < 4.78 is 7.20. The molecule has 1 fully saturated rings. The second-order valence-electron chi connectivity index (χ2n) is 11.5. The molecule has 5 rings (SSSR count). The second kappa shape index (κ2) is 14.0. The number of ether oxygens (including phenoxy) is 1. The Balaban J connectivity index is 1.35. The number of aryl methyl sites for hydroxylation is 1. The van der Waals surface area contributed by atoms with E-state index >= 15 is 0 Å². The molecule has 0 radical (unpaired) electrons. The van der Waals surface area contributed by atoms with Crippen LogP contribution in [-0.4, -0.2) is 95.2 Å². The molecular weight excluding hydrogens is 536 g/mol. The van der Waals surface area contributed by atoms with E-state index in [-0.39, 0.29) is 55.1 Å². The van der Waals surface area contributed by atoms with Crippen molar-refractivity contribution in [1.82, 2.24) is 30.2 Å². The van der Waals surface area contributed by atoms with Gasteiger partial charge in [0.25, 0.3) is 5.91 Å². The third kappa shape index (κ3) is 7.36. The minimum Gasteiger partial charge on any atom is -0.381 e. The van der Waals surface area contributed by atoms with E-state index in [4.69, 9.17) is 4.74 Å². The summed E-state index contributed by atoms with van der Waals surface area (Å²) in [7, 11) is 1.84. The lowest BCUT2D eigenvalue weighted by atomic mass is 9.91. The summed E-state index contributed by atoms with van der Waals surface area (Å²) in [6.45, 7) is 2.56. The summed E-state index contributed by atoms with van der Waals surface area (Å²) in [5.41, 5.74) is 3.32. The van der Waals surface area contributed by atoms with Gasteiger partial charge in [0.15, 0.2) is 5.69 Å². The van der Waals surface area contributed by atoms with Gasteiger partial charge in [0.05, 0.1) is 6.54 Å². The van der Waals surface area contributed by atoms with Crippen LogP contribution in [0, 0.1) is 5.92 Å². The SMILES string of the molecule is Cn1nc2c3c1CCC(C3)NC(=O)CN(CCc1ccccc1)C(=O)CCCN(C(=O)C1CCOCC1)CCNC2=O. The number of rotatable bonds is 4. The van der Waals surface area contributed by atoms with Crippen LogP contribution in [0.5, 0.6) is 0 Å². The number of nitrogens with zero attached hydrogens (tertiary/aromatic N) is 4. The second-order valence-corrected chi connectivity index (χ2v) is 11.5. The average molecular weight is 579 g/mol. The highest BCUT2D eigenvalue weighted by molar-refractivity contribution is 5.94. The Morgan fingerprint density at radius 3 is 2.62 bits per heavy atom. The van der Waals surface area contributed by atoms with Crippen LogP contribution >= 0.6 is 0 Å². The molecule has 3 aliphatic rings. The van der Waals surface area contributed by atoms with Crippen molar-refractivity contribution in [2.75, 3.05) is 45.9 Å². The Labute approximate surface area is 246 Å². The van der Waals surface area contributed by atoms with E-state index < -0.39 is 0 Å². The number of nitrogens with one attached hydrogen (secondary N) is 2. The van der Waals surface area contributed by atoms with Gasteiger partial charge in [-0.1, -0.05) is 30.3 Å². The molecule has 1 aliphatic carbocycles. The first-order valence-corrected chi connectivity index (χ1v) is 15.2. The molecule has 2 aromatic rings. The first-order chi connectivity index (χ1) is 20.4. The number of hydrogen-bond donors (Lipinski definition) is 2. The third-order valence-corrected chi connectivity index (χ3v) is 8.60. The largest absolute Gasteiger partial charge is 0.381 e. The van der Waals surface area contributed by atoms with Crippen LogP contribution in [0.25, 0.3) is 0 Å². The van der Waals surface area contributed by atoms with Crippen molar-refractivity contribution in [3.63, 3.8) is 0 Å². The van der Waals surface area contributed by atoms with Crippen LogP contribution in [0.4, 0.5) is 0 Å². The molecule has 1 saturated heterocycles. The fourth-order valence-electron chi connectivity index (χ4n) is 6.24. The lowest BCUT2D eigenvalue weighted by Gasteiger charge is -2.30. The predicted octanol–water partition coefficient (Wildman–Crippen LogP) is 1.24. The lowest BCUT2D eigenvalue weighted by Crippen LogP contribution is -2.46. The molecule has 0 spiro atoms. The minimum atomic E-state index is -0.274. The Hall–Kier alpha value is -3.73. The number of benzene rings is 1. The van der Waals surface area contributed by atoms with Crippen molar-refractivity contribution in [2.45, 2.75) is 57.4 Å². The monoisotopic (exact) mass is 578 g/mol. The number of aromatic nitrogens is 2. The van der Waals surface area contributed by atoms with E-state index in [0.717, 1.165) is 23.2 Å². The lowest BCUT2D eigenvalue weighted by molar-refractivity contribution is -0.139. The summed E-state index contributed by atoms with van der Waals surface area (Å²) in [6, 6.07) is 9.78. The summed E-state index contributed by atoms with van der Waals surface area (Å²) in [4.78, 5) is 56.7. The predicted molar refractivity (Wildman–Crippen MR) is 156 cm³/mol. The van der Waals surface area contributed by atoms with Crippen molar-refractivity contribution in [1.29, 1.82) is 0 Å². The smallest absolute Gasteiger partial charge is 0.272 e. The maximum absolute atomic E-state index is 13.5. The highest BCUT2D eigenvalue weighted by atomic mass is 16.5. The highest BCUT2D eigenvalue weighted by Gasteiger charge is 2.31.